The first-order valence-corrected chi connectivity index (χ1v) is 12.8. The van der Waals surface area contributed by atoms with Gasteiger partial charge >= 0.3 is 6.36 Å². The van der Waals surface area contributed by atoms with Gasteiger partial charge in [0.1, 0.15) is 11.6 Å². The molecule has 0 amide bonds. The van der Waals surface area contributed by atoms with E-state index in [1.54, 1.807) is 0 Å². The third kappa shape index (κ3) is 5.34. The molecular weight excluding hydrogens is 513 g/mol. The van der Waals surface area contributed by atoms with E-state index in [2.05, 4.69) is 25.0 Å². The number of fused-ring (bicyclic) bond motifs is 1. The summed E-state index contributed by atoms with van der Waals surface area (Å²) in [7, 11) is -4.01. The monoisotopic (exact) mass is 534 g/mol. The molecule has 1 N–H and O–H groups in total. The maximum absolute atomic E-state index is 13.2. The van der Waals surface area contributed by atoms with Crippen molar-refractivity contribution in [1.29, 1.82) is 0 Å². The number of hydrogen-bond donors (Lipinski definition) is 1. The molecular formula is C23H21F3N6O4S. The Labute approximate surface area is 208 Å². The van der Waals surface area contributed by atoms with Gasteiger partial charge in [-0.15, -0.1) is 18.3 Å². The summed E-state index contributed by atoms with van der Waals surface area (Å²) in [6, 6.07) is 13.5. The molecule has 0 aliphatic carbocycles. The first-order chi connectivity index (χ1) is 17.6. The van der Waals surface area contributed by atoms with Gasteiger partial charge in [0, 0.05) is 19.0 Å². The molecule has 0 bridgehead atoms. The molecule has 5 rings (SSSR count). The molecule has 1 unspecified atom stereocenters. The summed E-state index contributed by atoms with van der Waals surface area (Å²) in [6.07, 6.45) is -3.79. The molecule has 3 heterocycles. The van der Waals surface area contributed by atoms with E-state index in [-0.39, 0.29) is 23.5 Å². The Balaban J connectivity index is 1.39. The molecule has 2 aromatic heterocycles. The highest BCUT2D eigenvalue weighted by Crippen LogP contribution is 2.30. The average molecular weight is 535 g/mol. The zero-order chi connectivity index (χ0) is 26.2. The van der Waals surface area contributed by atoms with E-state index < -0.39 is 33.6 Å². The second-order valence-electron chi connectivity index (χ2n) is 8.58. The fraction of sp³-hybridized carbons (Fsp3) is 0.304. The van der Waals surface area contributed by atoms with Gasteiger partial charge in [-0.05, 0) is 42.7 Å². The summed E-state index contributed by atoms with van der Waals surface area (Å²) in [5, 5.41) is 8.00. The smallest absolute Gasteiger partial charge is 0.406 e. The molecule has 1 saturated heterocycles. The van der Waals surface area contributed by atoms with Crippen LogP contribution in [0, 0.1) is 0 Å². The summed E-state index contributed by atoms with van der Waals surface area (Å²) in [5.41, 5.74) is 0.850. The standard InChI is InChI=1S/C23H21F3N6O4S/c24-23(25,26)36-17-8-10-18(11-9-17)37(34,35)31-12-4-7-16(14-31)20-27-21-19(22(33)28-20)29-30-32(21)13-15-5-2-1-3-6-15/h1-3,5-6,8-11,16H,4,7,12-14H2,(H,27,28,33). The summed E-state index contributed by atoms with van der Waals surface area (Å²) in [5.74, 6) is -0.602. The van der Waals surface area contributed by atoms with Crippen LogP contribution in [-0.2, 0) is 16.6 Å². The van der Waals surface area contributed by atoms with Crippen LogP contribution in [0.3, 0.4) is 0 Å². The Morgan fingerprint density at radius 1 is 1.08 bits per heavy atom. The van der Waals surface area contributed by atoms with E-state index in [1.165, 1.54) is 8.99 Å². The van der Waals surface area contributed by atoms with Crippen LogP contribution in [0.25, 0.3) is 11.2 Å². The number of nitrogens with zero attached hydrogens (tertiary/aromatic N) is 5. The lowest BCUT2D eigenvalue weighted by atomic mass is 9.99. The number of piperidine rings is 1. The van der Waals surface area contributed by atoms with Crippen LogP contribution in [0.4, 0.5) is 13.2 Å². The first-order valence-electron chi connectivity index (χ1n) is 11.3. The lowest BCUT2D eigenvalue weighted by Crippen LogP contribution is -2.39. The zero-order valence-corrected chi connectivity index (χ0v) is 20.0. The topological polar surface area (TPSA) is 123 Å². The second kappa shape index (κ2) is 9.59. The molecule has 194 valence electrons. The first kappa shape index (κ1) is 24.9. The fourth-order valence-electron chi connectivity index (χ4n) is 4.29. The largest absolute Gasteiger partial charge is 0.573 e. The number of hydrogen-bond acceptors (Lipinski definition) is 7. The lowest BCUT2D eigenvalue weighted by molar-refractivity contribution is -0.274. The van der Waals surface area contributed by atoms with Crippen molar-refractivity contribution >= 4 is 21.2 Å². The third-order valence-electron chi connectivity index (χ3n) is 6.03. The Bertz CT molecular complexity index is 1570. The minimum absolute atomic E-state index is 0.0395. The highest BCUT2D eigenvalue weighted by Gasteiger charge is 2.34. The summed E-state index contributed by atoms with van der Waals surface area (Å²) >= 11 is 0. The van der Waals surface area contributed by atoms with Crippen molar-refractivity contribution in [3.63, 3.8) is 0 Å². The molecule has 10 nitrogen and oxygen atoms in total. The van der Waals surface area contributed by atoms with Crippen LogP contribution in [-0.4, -0.2) is 57.1 Å². The molecule has 1 atom stereocenters. The van der Waals surface area contributed by atoms with Crippen molar-refractivity contribution in [1.82, 2.24) is 29.3 Å². The number of rotatable bonds is 6. The maximum Gasteiger partial charge on any atom is 0.573 e. The van der Waals surface area contributed by atoms with Crippen LogP contribution in [0.1, 0.15) is 30.1 Å². The van der Waals surface area contributed by atoms with Crippen LogP contribution in [0.5, 0.6) is 5.75 Å². The molecule has 0 spiro atoms. The Hall–Kier alpha value is -3.78. The lowest BCUT2D eigenvalue weighted by Gasteiger charge is -2.31. The van der Waals surface area contributed by atoms with E-state index in [0.717, 1.165) is 29.8 Å². The van der Waals surface area contributed by atoms with Gasteiger partial charge in [0.15, 0.2) is 11.2 Å². The van der Waals surface area contributed by atoms with Gasteiger partial charge in [-0.3, -0.25) is 4.79 Å². The normalized spacial score (nSPS) is 17.2. The molecule has 1 fully saturated rings. The molecule has 1 aliphatic rings. The van der Waals surface area contributed by atoms with Crippen molar-refractivity contribution in [2.45, 2.75) is 36.6 Å². The number of benzene rings is 2. The van der Waals surface area contributed by atoms with Crippen LogP contribution in [0.2, 0.25) is 0 Å². The van der Waals surface area contributed by atoms with Gasteiger partial charge in [0.2, 0.25) is 10.0 Å². The Kier molecular flexibility index (Phi) is 6.45. The van der Waals surface area contributed by atoms with Crippen molar-refractivity contribution in [2.75, 3.05) is 13.1 Å². The van der Waals surface area contributed by atoms with E-state index in [0.29, 0.717) is 30.9 Å². The average Bonchev–Trinajstić information content (AvgIpc) is 3.27. The summed E-state index contributed by atoms with van der Waals surface area (Å²) in [6.45, 7) is 0.615. The van der Waals surface area contributed by atoms with Crippen molar-refractivity contribution in [2.24, 2.45) is 0 Å². The van der Waals surface area contributed by atoms with Crippen molar-refractivity contribution in [3.05, 3.63) is 76.3 Å². The molecule has 4 aromatic rings. The number of halogens is 3. The maximum atomic E-state index is 13.2. The van der Waals surface area contributed by atoms with E-state index in [1.807, 2.05) is 30.3 Å². The van der Waals surface area contributed by atoms with E-state index >= 15 is 0 Å². The molecule has 0 saturated carbocycles. The minimum Gasteiger partial charge on any atom is -0.406 e. The van der Waals surface area contributed by atoms with Crippen molar-refractivity contribution < 1.29 is 26.3 Å². The van der Waals surface area contributed by atoms with Crippen molar-refractivity contribution in [3.8, 4) is 5.75 Å². The molecule has 1 aliphatic heterocycles. The predicted molar refractivity (Wildman–Crippen MR) is 125 cm³/mol. The van der Waals surface area contributed by atoms with Gasteiger partial charge < -0.3 is 9.72 Å². The second-order valence-corrected chi connectivity index (χ2v) is 10.5. The summed E-state index contributed by atoms with van der Waals surface area (Å²) in [4.78, 5) is 19.8. The zero-order valence-electron chi connectivity index (χ0n) is 19.2. The quantitative estimate of drug-likeness (QED) is 0.403. The number of alkyl halides is 3. The third-order valence-corrected chi connectivity index (χ3v) is 7.91. The van der Waals surface area contributed by atoms with Gasteiger partial charge in [-0.2, -0.15) is 4.31 Å². The van der Waals surface area contributed by atoms with E-state index in [4.69, 9.17) is 0 Å². The Morgan fingerprint density at radius 2 is 1.81 bits per heavy atom. The number of sulfonamides is 1. The van der Waals surface area contributed by atoms with Gasteiger partial charge in [-0.25, -0.2) is 18.1 Å². The van der Waals surface area contributed by atoms with Crippen LogP contribution >= 0.6 is 0 Å². The number of aromatic amines is 1. The molecule has 37 heavy (non-hydrogen) atoms. The number of H-pyrrole nitrogens is 1. The van der Waals surface area contributed by atoms with Crippen LogP contribution < -0.4 is 10.3 Å². The minimum atomic E-state index is -4.88. The summed E-state index contributed by atoms with van der Waals surface area (Å²) < 4.78 is 70.2. The van der Waals surface area contributed by atoms with E-state index in [9.17, 15) is 26.4 Å². The van der Waals surface area contributed by atoms with Gasteiger partial charge in [-0.1, -0.05) is 35.5 Å². The highest BCUT2D eigenvalue weighted by molar-refractivity contribution is 7.89. The highest BCUT2D eigenvalue weighted by atomic mass is 32.2. The number of ether oxygens (including phenoxy) is 1. The number of nitrogens with one attached hydrogen (secondary N) is 1. The SMILES string of the molecule is O=c1[nH]c(C2CCCN(S(=O)(=O)c3ccc(OC(F)(F)F)cc3)C2)nc2c1nnn2Cc1ccccc1. The molecule has 0 radical (unpaired) electrons. The molecule has 14 heteroatoms. The Morgan fingerprint density at radius 3 is 2.51 bits per heavy atom. The van der Waals surface area contributed by atoms with Gasteiger partial charge in [0.25, 0.3) is 5.56 Å². The van der Waals surface area contributed by atoms with Crippen LogP contribution in [0.15, 0.2) is 64.3 Å². The fourth-order valence-corrected chi connectivity index (χ4v) is 5.81. The van der Waals surface area contributed by atoms with Gasteiger partial charge in [0.05, 0.1) is 11.4 Å². The number of aromatic nitrogens is 5. The predicted octanol–water partition coefficient (Wildman–Crippen LogP) is 3.03. The molecule has 2 aromatic carbocycles.